The molecule has 0 aliphatic heterocycles. The molecule has 4 aliphatic rings. The second-order valence-electron chi connectivity index (χ2n) is 8.29. The Morgan fingerprint density at radius 1 is 1.08 bits per heavy atom. The van der Waals surface area contributed by atoms with Crippen molar-refractivity contribution in [3.8, 4) is 11.5 Å². The summed E-state index contributed by atoms with van der Waals surface area (Å²) >= 11 is 4.82. The Hall–Kier alpha value is -1.14. The Bertz CT molecular complexity index is 797. The summed E-state index contributed by atoms with van der Waals surface area (Å²) in [5, 5.41) is 8.72. The lowest BCUT2D eigenvalue weighted by atomic mass is 9.48. The van der Waals surface area contributed by atoms with Gasteiger partial charge in [0.15, 0.2) is 0 Å². The number of Topliss-reactive ketones (excluding diaryl/α,β-unsaturated/α-hetero) is 1. The zero-order valence-electron chi connectivity index (χ0n) is 14.5. The smallest absolute Gasteiger partial charge is 0.277 e. The summed E-state index contributed by atoms with van der Waals surface area (Å²) in [6.45, 7) is 0. The number of benzene rings is 1. The van der Waals surface area contributed by atoms with Crippen molar-refractivity contribution >= 4 is 33.5 Å². The highest BCUT2D eigenvalue weighted by atomic mass is 79.9. The Kier molecular flexibility index (Phi) is 4.24. The minimum atomic E-state index is -0.0453. The number of hydrogen-bond acceptors (Lipinski definition) is 5. The van der Waals surface area contributed by atoms with E-state index in [1.54, 1.807) is 0 Å². The van der Waals surface area contributed by atoms with Gasteiger partial charge in [-0.1, -0.05) is 27.7 Å². The Morgan fingerprint density at radius 2 is 1.69 bits per heavy atom. The van der Waals surface area contributed by atoms with Gasteiger partial charge >= 0.3 is 0 Å². The summed E-state index contributed by atoms with van der Waals surface area (Å²) in [4.78, 5) is 13.1. The maximum atomic E-state index is 13.1. The molecule has 1 aromatic heterocycles. The van der Waals surface area contributed by atoms with Gasteiger partial charge in [0.25, 0.3) is 5.22 Å². The zero-order valence-corrected chi connectivity index (χ0v) is 16.9. The number of halogens is 1. The molecular weight excluding hydrogens is 412 g/mol. The molecule has 0 saturated heterocycles. The molecule has 4 fully saturated rings. The highest BCUT2D eigenvalue weighted by Gasteiger charge is 2.54. The van der Waals surface area contributed by atoms with Gasteiger partial charge in [-0.25, -0.2) is 0 Å². The van der Waals surface area contributed by atoms with Crippen LogP contribution >= 0.6 is 27.7 Å². The predicted octanol–water partition coefficient (Wildman–Crippen LogP) is 5.38. The number of aromatic nitrogens is 2. The fourth-order valence-electron chi connectivity index (χ4n) is 5.71. The molecule has 4 bridgehead atoms. The predicted molar refractivity (Wildman–Crippen MR) is 104 cm³/mol. The fraction of sp³-hybridized carbons (Fsp3) is 0.550. The normalized spacial score (nSPS) is 32.1. The number of thioether (sulfide) groups is 1. The lowest BCUT2D eigenvalue weighted by Crippen LogP contribution is -2.50. The van der Waals surface area contributed by atoms with E-state index in [-0.39, 0.29) is 5.41 Å². The molecule has 0 amide bonds. The number of ketones is 1. The van der Waals surface area contributed by atoms with Crippen molar-refractivity contribution < 1.29 is 9.21 Å². The van der Waals surface area contributed by atoms with Crippen LogP contribution in [0.5, 0.6) is 0 Å². The standard InChI is InChI=1S/C20H21BrN2O2S/c21-16-3-1-15(2-4-16)18-22-23-19(25-18)26-11-17(24)20-8-12-5-13(9-20)7-14(6-12)10-20/h1-4,12-14H,5-11H2. The van der Waals surface area contributed by atoms with Gasteiger partial charge in [-0.3, -0.25) is 4.79 Å². The first-order chi connectivity index (χ1) is 12.6. The van der Waals surface area contributed by atoms with E-state index in [4.69, 9.17) is 4.42 Å². The van der Waals surface area contributed by atoms with Gasteiger partial charge in [-0.2, -0.15) is 0 Å². The minimum Gasteiger partial charge on any atom is -0.411 e. The van der Waals surface area contributed by atoms with Crippen molar-refractivity contribution in [1.29, 1.82) is 0 Å². The van der Waals surface area contributed by atoms with Crippen LogP contribution in [0, 0.1) is 23.2 Å². The van der Waals surface area contributed by atoms with Gasteiger partial charge in [-0.15, -0.1) is 10.2 Å². The molecule has 26 heavy (non-hydrogen) atoms. The van der Waals surface area contributed by atoms with E-state index in [2.05, 4.69) is 26.1 Å². The Morgan fingerprint density at radius 3 is 2.31 bits per heavy atom. The lowest BCUT2D eigenvalue weighted by Gasteiger charge is -2.55. The van der Waals surface area contributed by atoms with E-state index in [0.29, 0.717) is 22.6 Å². The van der Waals surface area contributed by atoms with E-state index in [9.17, 15) is 4.79 Å². The van der Waals surface area contributed by atoms with Crippen LogP contribution in [0.15, 0.2) is 38.4 Å². The first-order valence-corrected chi connectivity index (χ1v) is 11.1. The molecular formula is C20H21BrN2O2S. The van der Waals surface area contributed by atoms with Gasteiger partial charge in [0.1, 0.15) is 5.78 Å². The maximum Gasteiger partial charge on any atom is 0.277 e. The van der Waals surface area contributed by atoms with Crippen LogP contribution in [0.25, 0.3) is 11.5 Å². The van der Waals surface area contributed by atoms with Gasteiger partial charge in [-0.05, 0) is 80.5 Å². The third-order valence-corrected chi connectivity index (χ3v) is 7.80. The van der Waals surface area contributed by atoms with Gasteiger partial charge in [0, 0.05) is 15.5 Å². The van der Waals surface area contributed by atoms with E-state index in [1.807, 2.05) is 24.3 Å². The van der Waals surface area contributed by atoms with Crippen molar-refractivity contribution in [3.05, 3.63) is 28.7 Å². The summed E-state index contributed by atoms with van der Waals surface area (Å²) in [7, 11) is 0. The van der Waals surface area contributed by atoms with Crippen LogP contribution in [-0.2, 0) is 4.79 Å². The van der Waals surface area contributed by atoms with Gasteiger partial charge in [0.2, 0.25) is 5.89 Å². The van der Waals surface area contributed by atoms with Crippen molar-refractivity contribution in [2.75, 3.05) is 5.75 Å². The number of carbonyl (C=O) groups is 1. The third-order valence-electron chi connectivity index (χ3n) is 6.45. The summed E-state index contributed by atoms with van der Waals surface area (Å²) in [5.41, 5.74) is 0.844. The largest absolute Gasteiger partial charge is 0.411 e. The van der Waals surface area contributed by atoms with Crippen LogP contribution in [0.3, 0.4) is 0 Å². The van der Waals surface area contributed by atoms with Crippen LogP contribution in [0.4, 0.5) is 0 Å². The van der Waals surface area contributed by atoms with Gasteiger partial charge < -0.3 is 4.42 Å². The number of nitrogens with zero attached hydrogens (tertiary/aromatic N) is 2. The second kappa shape index (κ2) is 6.48. The monoisotopic (exact) mass is 432 g/mol. The fourth-order valence-corrected chi connectivity index (χ4v) is 6.77. The van der Waals surface area contributed by atoms with Crippen molar-refractivity contribution in [3.63, 3.8) is 0 Å². The Labute approximate surface area is 165 Å². The molecule has 4 aliphatic carbocycles. The molecule has 6 heteroatoms. The van der Waals surface area contributed by atoms with Crippen LogP contribution < -0.4 is 0 Å². The summed E-state index contributed by atoms with van der Waals surface area (Å²) < 4.78 is 6.76. The molecule has 0 radical (unpaired) electrons. The zero-order chi connectivity index (χ0) is 17.7. The summed E-state index contributed by atoms with van der Waals surface area (Å²) in [6.07, 6.45) is 7.44. The molecule has 6 rings (SSSR count). The SMILES string of the molecule is O=C(CSc1nnc(-c2ccc(Br)cc2)o1)C12CC3CC(CC(C3)C1)C2. The second-order valence-corrected chi connectivity index (χ2v) is 10.1. The van der Waals surface area contributed by atoms with Crippen LogP contribution in [0.1, 0.15) is 38.5 Å². The van der Waals surface area contributed by atoms with Crippen molar-refractivity contribution in [2.45, 2.75) is 43.7 Å². The average Bonchev–Trinajstić information content (AvgIpc) is 3.08. The minimum absolute atomic E-state index is 0.0453. The first kappa shape index (κ1) is 17.0. The van der Waals surface area contributed by atoms with E-state index in [1.165, 1.54) is 31.0 Å². The van der Waals surface area contributed by atoms with E-state index >= 15 is 0 Å². The molecule has 136 valence electrons. The molecule has 1 heterocycles. The molecule has 0 unspecified atom stereocenters. The molecule has 4 saturated carbocycles. The molecule has 0 N–H and O–H groups in total. The highest BCUT2D eigenvalue weighted by molar-refractivity contribution is 9.10. The van der Waals surface area contributed by atoms with E-state index < -0.39 is 0 Å². The van der Waals surface area contributed by atoms with E-state index in [0.717, 1.165) is 47.1 Å². The number of carbonyl (C=O) groups excluding carboxylic acids is 1. The third kappa shape index (κ3) is 3.05. The molecule has 2 aromatic rings. The average molecular weight is 433 g/mol. The number of hydrogen-bond donors (Lipinski definition) is 0. The van der Waals surface area contributed by atoms with Gasteiger partial charge in [0.05, 0.1) is 5.75 Å². The summed E-state index contributed by atoms with van der Waals surface area (Å²) in [6, 6.07) is 7.77. The lowest BCUT2D eigenvalue weighted by molar-refractivity contribution is -0.141. The van der Waals surface area contributed by atoms with Crippen molar-refractivity contribution in [2.24, 2.45) is 23.2 Å². The van der Waals surface area contributed by atoms with Crippen molar-refractivity contribution in [1.82, 2.24) is 10.2 Å². The summed E-state index contributed by atoms with van der Waals surface area (Å²) in [5.74, 6) is 3.74. The Balaban J connectivity index is 1.25. The maximum absolute atomic E-state index is 13.1. The van der Waals surface area contributed by atoms with Crippen LogP contribution in [0.2, 0.25) is 0 Å². The molecule has 0 spiro atoms. The molecule has 1 aromatic carbocycles. The topological polar surface area (TPSA) is 56.0 Å². The molecule has 4 nitrogen and oxygen atoms in total. The number of rotatable bonds is 5. The molecule has 0 atom stereocenters. The highest BCUT2D eigenvalue weighted by Crippen LogP contribution is 2.60. The first-order valence-electron chi connectivity index (χ1n) is 9.35. The van der Waals surface area contributed by atoms with Crippen LogP contribution in [-0.4, -0.2) is 21.7 Å². The quantitative estimate of drug-likeness (QED) is 0.593.